The first kappa shape index (κ1) is 15.8. The topological polar surface area (TPSA) is 78.9 Å². The molecule has 0 saturated carbocycles. The van der Waals surface area contributed by atoms with Crippen LogP contribution in [-0.4, -0.2) is 53.3 Å². The van der Waals surface area contributed by atoms with E-state index in [2.05, 4.69) is 5.32 Å². The molecule has 0 radical (unpaired) electrons. The van der Waals surface area contributed by atoms with Gasteiger partial charge in [-0.1, -0.05) is 19.8 Å². The number of carbonyl (C=O) groups is 2. The molecule has 2 amide bonds. The summed E-state index contributed by atoms with van der Waals surface area (Å²) < 4.78 is 5.45. The minimum atomic E-state index is -0.976. The minimum Gasteiger partial charge on any atom is -0.480 e. The van der Waals surface area contributed by atoms with Gasteiger partial charge in [0.25, 0.3) is 0 Å². The van der Waals surface area contributed by atoms with Crippen LogP contribution in [0.15, 0.2) is 0 Å². The maximum atomic E-state index is 12.1. The highest BCUT2D eigenvalue weighted by atomic mass is 16.5. The van der Waals surface area contributed by atoms with Crippen LogP contribution in [0.2, 0.25) is 0 Å². The van der Waals surface area contributed by atoms with Gasteiger partial charge in [0.1, 0.15) is 6.04 Å². The lowest BCUT2D eigenvalue weighted by molar-refractivity contribution is -0.139. The summed E-state index contributed by atoms with van der Waals surface area (Å²) in [7, 11) is 0. The van der Waals surface area contributed by atoms with Gasteiger partial charge >= 0.3 is 12.0 Å². The van der Waals surface area contributed by atoms with E-state index >= 15 is 0 Å². The average molecular weight is 272 g/mol. The van der Waals surface area contributed by atoms with Crippen molar-refractivity contribution in [2.75, 3.05) is 13.2 Å². The van der Waals surface area contributed by atoms with Crippen LogP contribution in [0.1, 0.15) is 40.0 Å². The lowest BCUT2D eigenvalue weighted by Crippen LogP contribution is -2.56. The molecule has 19 heavy (non-hydrogen) atoms. The van der Waals surface area contributed by atoms with Gasteiger partial charge < -0.3 is 20.1 Å². The molecule has 1 aliphatic heterocycles. The molecule has 0 aromatic carbocycles. The molecule has 3 atom stereocenters. The Bertz CT molecular complexity index is 322. The smallest absolute Gasteiger partial charge is 0.326 e. The van der Waals surface area contributed by atoms with Gasteiger partial charge in [0, 0.05) is 6.54 Å². The number of urea groups is 1. The number of nitrogens with one attached hydrogen (secondary N) is 1. The summed E-state index contributed by atoms with van der Waals surface area (Å²) in [6.07, 6.45) is 2.14. The normalized spacial score (nSPS) is 24.9. The van der Waals surface area contributed by atoms with Crippen molar-refractivity contribution in [2.24, 2.45) is 0 Å². The zero-order valence-corrected chi connectivity index (χ0v) is 11.9. The third-order valence-electron chi connectivity index (χ3n) is 3.31. The molecule has 0 spiro atoms. The van der Waals surface area contributed by atoms with Crippen molar-refractivity contribution in [3.05, 3.63) is 0 Å². The first-order valence-corrected chi connectivity index (χ1v) is 6.87. The number of morpholine rings is 1. The van der Waals surface area contributed by atoms with Crippen molar-refractivity contribution in [3.63, 3.8) is 0 Å². The highest BCUT2D eigenvalue weighted by molar-refractivity contribution is 5.82. The summed E-state index contributed by atoms with van der Waals surface area (Å²) in [5.41, 5.74) is 0. The van der Waals surface area contributed by atoms with E-state index < -0.39 is 12.0 Å². The van der Waals surface area contributed by atoms with E-state index in [-0.39, 0.29) is 18.2 Å². The second kappa shape index (κ2) is 7.33. The molecule has 0 aromatic rings. The number of carboxylic acids is 1. The zero-order chi connectivity index (χ0) is 14.4. The standard InChI is InChI=1S/C13H24N2O4/c1-4-5-6-11(12(16)17)14-13(18)15-7-10(3)19-8-9(15)2/h9-11H,4-8H2,1-3H3,(H,14,18)(H,16,17)/t9?,10?,11-/m0/s1. The first-order chi connectivity index (χ1) is 8.95. The van der Waals surface area contributed by atoms with Gasteiger partial charge in [-0.05, 0) is 20.3 Å². The first-order valence-electron chi connectivity index (χ1n) is 6.87. The molecule has 0 bridgehead atoms. The number of nitrogens with zero attached hydrogens (tertiary/aromatic N) is 1. The highest BCUT2D eigenvalue weighted by Gasteiger charge is 2.30. The molecular formula is C13H24N2O4. The van der Waals surface area contributed by atoms with Gasteiger partial charge in [0.2, 0.25) is 0 Å². The van der Waals surface area contributed by atoms with Crippen molar-refractivity contribution in [1.82, 2.24) is 10.2 Å². The Kier molecular flexibility index (Phi) is 6.08. The summed E-state index contributed by atoms with van der Waals surface area (Å²) in [6.45, 7) is 6.77. The predicted molar refractivity (Wildman–Crippen MR) is 71.1 cm³/mol. The fraction of sp³-hybridized carbons (Fsp3) is 0.846. The van der Waals surface area contributed by atoms with Crippen LogP contribution in [0.5, 0.6) is 0 Å². The van der Waals surface area contributed by atoms with Crippen LogP contribution in [0.25, 0.3) is 0 Å². The Morgan fingerprint density at radius 3 is 2.74 bits per heavy atom. The summed E-state index contributed by atoms with van der Waals surface area (Å²) in [6, 6.07) is -1.15. The maximum absolute atomic E-state index is 12.1. The third kappa shape index (κ3) is 4.70. The second-order valence-electron chi connectivity index (χ2n) is 5.13. The molecule has 2 unspecified atom stereocenters. The molecule has 1 aliphatic rings. The molecule has 2 N–H and O–H groups in total. The number of carbonyl (C=O) groups excluding carboxylic acids is 1. The van der Waals surface area contributed by atoms with E-state index in [0.717, 1.165) is 12.8 Å². The Labute approximate surface area is 114 Å². The lowest BCUT2D eigenvalue weighted by Gasteiger charge is -2.37. The Morgan fingerprint density at radius 2 is 2.16 bits per heavy atom. The van der Waals surface area contributed by atoms with Crippen LogP contribution < -0.4 is 5.32 Å². The average Bonchev–Trinajstić information content (AvgIpc) is 2.36. The Hall–Kier alpha value is -1.30. The van der Waals surface area contributed by atoms with Crippen LogP contribution in [0, 0.1) is 0 Å². The molecule has 110 valence electrons. The number of rotatable bonds is 5. The number of hydrogen-bond donors (Lipinski definition) is 2. The fourth-order valence-corrected chi connectivity index (χ4v) is 2.08. The van der Waals surface area contributed by atoms with Crippen LogP contribution >= 0.6 is 0 Å². The Balaban J connectivity index is 2.57. The molecule has 6 heteroatoms. The van der Waals surface area contributed by atoms with E-state index in [9.17, 15) is 9.59 Å². The molecule has 6 nitrogen and oxygen atoms in total. The van der Waals surface area contributed by atoms with Gasteiger partial charge in [0.15, 0.2) is 0 Å². The van der Waals surface area contributed by atoms with Gasteiger partial charge in [-0.15, -0.1) is 0 Å². The number of carboxylic acid groups (broad SMARTS) is 1. The van der Waals surface area contributed by atoms with Gasteiger partial charge in [-0.25, -0.2) is 9.59 Å². The molecule has 0 aromatic heterocycles. The van der Waals surface area contributed by atoms with Gasteiger partial charge in [0.05, 0.1) is 18.8 Å². The maximum Gasteiger partial charge on any atom is 0.326 e. The summed E-state index contributed by atoms with van der Waals surface area (Å²) >= 11 is 0. The number of aliphatic carboxylic acids is 1. The van der Waals surface area contributed by atoms with E-state index in [1.165, 1.54) is 0 Å². The highest BCUT2D eigenvalue weighted by Crippen LogP contribution is 2.12. The number of amides is 2. The molecule has 1 rings (SSSR count). The van der Waals surface area contributed by atoms with E-state index in [0.29, 0.717) is 19.6 Å². The minimum absolute atomic E-state index is 0.0131. The lowest BCUT2D eigenvalue weighted by atomic mass is 10.1. The van der Waals surface area contributed by atoms with Crippen molar-refractivity contribution < 1.29 is 19.4 Å². The van der Waals surface area contributed by atoms with Crippen molar-refractivity contribution in [1.29, 1.82) is 0 Å². The molecule has 1 fully saturated rings. The largest absolute Gasteiger partial charge is 0.480 e. The monoisotopic (exact) mass is 272 g/mol. The second-order valence-corrected chi connectivity index (χ2v) is 5.13. The zero-order valence-electron chi connectivity index (χ0n) is 11.9. The molecule has 0 aliphatic carbocycles. The van der Waals surface area contributed by atoms with Gasteiger partial charge in [-0.2, -0.15) is 0 Å². The van der Waals surface area contributed by atoms with Crippen LogP contribution in [0.3, 0.4) is 0 Å². The summed E-state index contributed by atoms with van der Waals surface area (Å²) in [5.74, 6) is -0.976. The SMILES string of the molecule is CCCC[C@H](NC(=O)N1CC(C)OCC1C)C(=O)O. The van der Waals surface area contributed by atoms with Crippen molar-refractivity contribution in [3.8, 4) is 0 Å². The molecular weight excluding hydrogens is 248 g/mol. The van der Waals surface area contributed by atoms with Crippen LogP contribution in [0.4, 0.5) is 4.79 Å². The predicted octanol–water partition coefficient (Wildman–Crippen LogP) is 1.45. The number of hydrogen-bond acceptors (Lipinski definition) is 3. The van der Waals surface area contributed by atoms with E-state index in [1.54, 1.807) is 4.90 Å². The molecule has 1 saturated heterocycles. The van der Waals surface area contributed by atoms with Crippen LogP contribution in [-0.2, 0) is 9.53 Å². The summed E-state index contributed by atoms with van der Waals surface area (Å²) in [5, 5.41) is 11.7. The van der Waals surface area contributed by atoms with E-state index in [4.69, 9.17) is 9.84 Å². The van der Waals surface area contributed by atoms with Crippen molar-refractivity contribution in [2.45, 2.75) is 58.2 Å². The summed E-state index contributed by atoms with van der Waals surface area (Å²) in [4.78, 5) is 24.9. The fourth-order valence-electron chi connectivity index (χ4n) is 2.08. The van der Waals surface area contributed by atoms with E-state index in [1.807, 2.05) is 20.8 Å². The van der Waals surface area contributed by atoms with Gasteiger partial charge in [-0.3, -0.25) is 0 Å². The Morgan fingerprint density at radius 1 is 1.47 bits per heavy atom. The number of ether oxygens (including phenoxy) is 1. The van der Waals surface area contributed by atoms with Crippen molar-refractivity contribution >= 4 is 12.0 Å². The third-order valence-corrected chi connectivity index (χ3v) is 3.31. The quantitative estimate of drug-likeness (QED) is 0.794. The number of unbranched alkanes of at least 4 members (excludes halogenated alkanes) is 1. The molecule has 1 heterocycles.